The molecule has 18 heavy (non-hydrogen) atoms. The number of carbonyl (C=O) groups is 1. The summed E-state index contributed by atoms with van der Waals surface area (Å²) in [6, 6.07) is 4.76. The molecular weight excluding hydrogens is 228 g/mol. The van der Waals surface area contributed by atoms with Crippen molar-refractivity contribution in [2.45, 2.75) is 12.8 Å². The van der Waals surface area contributed by atoms with E-state index in [1.165, 1.54) is 0 Å². The fourth-order valence-corrected chi connectivity index (χ4v) is 1.85. The first-order chi connectivity index (χ1) is 8.63. The number of para-hydroxylation sites is 1. The molecule has 0 heterocycles. The molecule has 1 saturated carbocycles. The predicted octanol–water partition coefficient (Wildman–Crippen LogP) is 1.46. The molecule has 3 N–H and O–H groups in total. The molecule has 0 radical (unpaired) electrons. The normalized spacial score (nSPS) is 13.9. The van der Waals surface area contributed by atoms with Crippen LogP contribution in [-0.4, -0.2) is 29.0 Å². The van der Waals surface area contributed by atoms with Crippen LogP contribution in [0, 0.1) is 18.3 Å². The summed E-state index contributed by atoms with van der Waals surface area (Å²) < 4.78 is 0. The number of anilines is 1. The van der Waals surface area contributed by atoms with Gasteiger partial charge in [-0.15, -0.1) is 6.42 Å². The number of rotatable bonds is 4. The van der Waals surface area contributed by atoms with Gasteiger partial charge in [-0.1, -0.05) is 12.0 Å². The Morgan fingerprint density at radius 3 is 2.89 bits per heavy atom. The zero-order valence-corrected chi connectivity index (χ0v) is 10.1. The number of phenolic OH excluding ortho intramolecular Hbond substituents is 1. The minimum Gasteiger partial charge on any atom is -0.505 e. The summed E-state index contributed by atoms with van der Waals surface area (Å²) >= 11 is 0. The maximum Gasteiger partial charge on any atom is 0.258 e. The van der Waals surface area contributed by atoms with Gasteiger partial charge >= 0.3 is 0 Å². The predicted molar refractivity (Wildman–Crippen MR) is 70.0 cm³/mol. The van der Waals surface area contributed by atoms with Crippen molar-refractivity contribution < 1.29 is 9.90 Å². The largest absolute Gasteiger partial charge is 0.505 e. The maximum absolute atomic E-state index is 12.3. The highest BCUT2D eigenvalue weighted by Crippen LogP contribution is 2.31. The van der Waals surface area contributed by atoms with Gasteiger partial charge in [0.05, 0.1) is 17.8 Å². The molecule has 0 aliphatic heterocycles. The van der Waals surface area contributed by atoms with Gasteiger partial charge in [0.25, 0.3) is 5.91 Å². The lowest BCUT2D eigenvalue weighted by molar-refractivity contribution is 0.0767. The number of nitrogen functional groups attached to an aromatic ring is 1. The molecule has 94 valence electrons. The van der Waals surface area contributed by atoms with Crippen molar-refractivity contribution in [3.8, 4) is 18.1 Å². The number of nitrogens with two attached hydrogens (primary N) is 1. The van der Waals surface area contributed by atoms with E-state index in [0.717, 1.165) is 12.8 Å². The van der Waals surface area contributed by atoms with E-state index in [1.807, 2.05) is 0 Å². The van der Waals surface area contributed by atoms with Crippen LogP contribution < -0.4 is 5.73 Å². The quantitative estimate of drug-likeness (QED) is 0.478. The van der Waals surface area contributed by atoms with E-state index >= 15 is 0 Å². The number of hydrogen-bond donors (Lipinski definition) is 2. The van der Waals surface area contributed by atoms with Crippen LogP contribution in [0.15, 0.2) is 18.2 Å². The standard InChI is InChI=1S/C14H16N2O2/c1-2-8-16(9-10-6-7-10)14(18)11-4-3-5-12(15)13(11)17/h1,3-5,10,17H,6-9,15H2. The molecule has 0 saturated heterocycles. The minimum absolute atomic E-state index is 0.166. The average molecular weight is 244 g/mol. The Kier molecular flexibility index (Phi) is 3.42. The fourth-order valence-electron chi connectivity index (χ4n) is 1.85. The van der Waals surface area contributed by atoms with Gasteiger partial charge in [-0.25, -0.2) is 0 Å². The van der Waals surface area contributed by atoms with Crippen molar-refractivity contribution in [1.29, 1.82) is 0 Å². The molecule has 1 aliphatic carbocycles. The zero-order valence-electron chi connectivity index (χ0n) is 10.1. The second-order valence-corrected chi connectivity index (χ2v) is 4.58. The lowest BCUT2D eigenvalue weighted by Crippen LogP contribution is -2.33. The van der Waals surface area contributed by atoms with Crippen molar-refractivity contribution >= 4 is 11.6 Å². The third kappa shape index (κ3) is 2.57. The molecule has 0 unspecified atom stereocenters. The van der Waals surface area contributed by atoms with Gasteiger partial charge < -0.3 is 15.7 Å². The van der Waals surface area contributed by atoms with Gasteiger partial charge in [0.2, 0.25) is 0 Å². The molecule has 0 spiro atoms. The molecule has 0 aromatic heterocycles. The van der Waals surface area contributed by atoms with Gasteiger partial charge in [-0.3, -0.25) is 4.79 Å². The van der Waals surface area contributed by atoms with Gasteiger partial charge in [0, 0.05) is 6.54 Å². The molecule has 0 atom stereocenters. The van der Waals surface area contributed by atoms with E-state index in [4.69, 9.17) is 12.2 Å². The van der Waals surface area contributed by atoms with Gasteiger partial charge in [-0.2, -0.15) is 0 Å². The molecule has 1 amide bonds. The van der Waals surface area contributed by atoms with Gasteiger partial charge in [0.1, 0.15) is 0 Å². The number of terminal acetylenes is 1. The average Bonchev–Trinajstić information content (AvgIpc) is 3.15. The van der Waals surface area contributed by atoms with Crippen LogP contribution in [0.4, 0.5) is 5.69 Å². The van der Waals surface area contributed by atoms with Crippen molar-refractivity contribution in [3.05, 3.63) is 23.8 Å². The van der Waals surface area contributed by atoms with E-state index in [1.54, 1.807) is 23.1 Å². The van der Waals surface area contributed by atoms with E-state index in [2.05, 4.69) is 5.92 Å². The van der Waals surface area contributed by atoms with Crippen molar-refractivity contribution in [3.63, 3.8) is 0 Å². The van der Waals surface area contributed by atoms with Crippen LogP contribution >= 0.6 is 0 Å². The number of benzene rings is 1. The SMILES string of the molecule is C#CCN(CC1CC1)C(=O)c1cccc(N)c1O. The molecule has 4 heteroatoms. The van der Waals surface area contributed by atoms with Gasteiger partial charge in [-0.05, 0) is 30.9 Å². The molecule has 1 aromatic rings. The summed E-state index contributed by atoms with van der Waals surface area (Å²) in [5.41, 5.74) is 6.00. The lowest BCUT2D eigenvalue weighted by Gasteiger charge is -2.20. The summed E-state index contributed by atoms with van der Waals surface area (Å²) in [5.74, 6) is 2.60. The molecule has 4 nitrogen and oxygen atoms in total. The zero-order chi connectivity index (χ0) is 13.1. The highest BCUT2D eigenvalue weighted by Gasteiger charge is 2.28. The number of nitrogens with zero attached hydrogens (tertiary/aromatic N) is 1. The molecule has 1 aromatic carbocycles. The monoisotopic (exact) mass is 244 g/mol. The highest BCUT2D eigenvalue weighted by molar-refractivity contribution is 5.98. The Morgan fingerprint density at radius 1 is 1.56 bits per heavy atom. The maximum atomic E-state index is 12.3. The summed E-state index contributed by atoms with van der Waals surface area (Å²) in [7, 11) is 0. The number of carbonyl (C=O) groups excluding carboxylic acids is 1. The Morgan fingerprint density at radius 2 is 2.28 bits per heavy atom. The summed E-state index contributed by atoms with van der Waals surface area (Å²) in [4.78, 5) is 13.9. The minimum atomic E-state index is -0.260. The molecule has 0 bridgehead atoms. The Bertz CT molecular complexity index is 501. The smallest absolute Gasteiger partial charge is 0.258 e. The topological polar surface area (TPSA) is 66.6 Å². The van der Waals surface area contributed by atoms with Crippen LogP contribution in [-0.2, 0) is 0 Å². The van der Waals surface area contributed by atoms with E-state index in [0.29, 0.717) is 12.5 Å². The third-order valence-corrected chi connectivity index (χ3v) is 3.04. The van der Waals surface area contributed by atoms with Crippen LogP contribution in [0.5, 0.6) is 5.75 Å². The Labute approximate surface area is 106 Å². The second-order valence-electron chi connectivity index (χ2n) is 4.58. The van der Waals surface area contributed by atoms with E-state index in [9.17, 15) is 9.90 Å². The van der Waals surface area contributed by atoms with Crippen LogP contribution in [0.2, 0.25) is 0 Å². The number of amides is 1. The summed E-state index contributed by atoms with van der Waals surface area (Å²) in [6.45, 7) is 0.904. The van der Waals surface area contributed by atoms with E-state index in [-0.39, 0.29) is 29.5 Å². The van der Waals surface area contributed by atoms with Crippen LogP contribution in [0.1, 0.15) is 23.2 Å². The van der Waals surface area contributed by atoms with Gasteiger partial charge in [0.15, 0.2) is 5.75 Å². The highest BCUT2D eigenvalue weighted by atomic mass is 16.3. The first-order valence-corrected chi connectivity index (χ1v) is 5.93. The molecular formula is C14H16N2O2. The lowest BCUT2D eigenvalue weighted by atomic mass is 10.1. The first-order valence-electron chi connectivity index (χ1n) is 5.93. The van der Waals surface area contributed by atoms with Crippen LogP contribution in [0.3, 0.4) is 0 Å². The molecule has 1 aliphatic rings. The fraction of sp³-hybridized carbons (Fsp3) is 0.357. The second kappa shape index (κ2) is 5.01. The Balaban J connectivity index is 2.21. The van der Waals surface area contributed by atoms with Crippen molar-refractivity contribution in [2.24, 2.45) is 5.92 Å². The van der Waals surface area contributed by atoms with Crippen molar-refractivity contribution in [1.82, 2.24) is 4.90 Å². The molecule has 1 fully saturated rings. The molecule has 2 rings (SSSR count). The first kappa shape index (κ1) is 12.3. The van der Waals surface area contributed by atoms with Crippen molar-refractivity contribution in [2.75, 3.05) is 18.8 Å². The van der Waals surface area contributed by atoms with E-state index < -0.39 is 0 Å². The summed E-state index contributed by atoms with van der Waals surface area (Å²) in [6.07, 6.45) is 7.55. The number of aromatic hydroxyl groups is 1. The summed E-state index contributed by atoms with van der Waals surface area (Å²) in [5, 5.41) is 9.81. The number of hydrogen-bond acceptors (Lipinski definition) is 3. The Hall–Kier alpha value is -2.15. The van der Waals surface area contributed by atoms with Crippen LogP contribution in [0.25, 0.3) is 0 Å². The third-order valence-electron chi connectivity index (χ3n) is 3.04. The number of phenols is 1.